The van der Waals surface area contributed by atoms with Crippen molar-refractivity contribution in [3.8, 4) is 11.5 Å². The Kier molecular flexibility index (Phi) is 3.42. The average molecular weight is 340 g/mol. The maximum atomic E-state index is 10.8. The smallest absolute Gasteiger partial charge is 0.340 e. The highest BCUT2D eigenvalue weighted by Gasteiger charge is 2.25. The summed E-state index contributed by atoms with van der Waals surface area (Å²) in [5, 5.41) is 35.8. The van der Waals surface area contributed by atoms with Gasteiger partial charge in [-0.15, -0.1) is 0 Å². The largest absolute Gasteiger partial charge is 0.504 e. The Balaban J connectivity index is 3.75. The summed E-state index contributed by atoms with van der Waals surface area (Å²) in [6, 6.07) is 0.664. The zero-order valence-electron chi connectivity index (χ0n) is 7.47. The van der Waals surface area contributed by atoms with Gasteiger partial charge in [0.15, 0.2) is 32.7 Å². The van der Waals surface area contributed by atoms with Crippen molar-refractivity contribution in [3.63, 3.8) is 0 Å². The number of benzene rings is 1. The van der Waals surface area contributed by atoms with E-state index in [2.05, 4.69) is 0 Å². The first-order valence-corrected chi connectivity index (χ1v) is 5.68. The molecule has 0 unspecified atom stereocenters. The fourth-order valence-electron chi connectivity index (χ4n) is 1.07. The van der Waals surface area contributed by atoms with Gasteiger partial charge in [-0.2, -0.15) is 0 Å². The Hall–Kier alpha value is -1.71. The second kappa shape index (κ2) is 4.43. The van der Waals surface area contributed by atoms with Crippen LogP contribution in [-0.4, -0.2) is 32.4 Å². The van der Waals surface area contributed by atoms with Crippen LogP contribution in [0, 0.1) is 3.57 Å². The molecular weight excluding hydrogens is 335 g/mol. The summed E-state index contributed by atoms with van der Waals surface area (Å²) >= 11 is -2.11. The number of aromatic hydroxyl groups is 2. The second-order valence-corrected chi connectivity index (χ2v) is 4.19. The highest BCUT2D eigenvalue weighted by molar-refractivity contribution is 14.1. The second-order valence-electron chi connectivity index (χ2n) is 2.67. The molecule has 0 saturated carbocycles. The molecule has 16 heavy (non-hydrogen) atoms. The summed E-state index contributed by atoms with van der Waals surface area (Å²) in [7, 11) is 0. The van der Waals surface area contributed by atoms with Gasteiger partial charge >= 0.3 is 11.9 Å². The minimum absolute atomic E-state index is 0.464. The molecule has 0 radical (unpaired) electrons. The van der Waals surface area contributed by atoms with Gasteiger partial charge in [0.25, 0.3) is 0 Å². The minimum atomic E-state index is -2.11. The van der Waals surface area contributed by atoms with E-state index in [1.54, 1.807) is 0 Å². The molecule has 0 heterocycles. The lowest BCUT2D eigenvalue weighted by Crippen LogP contribution is -2.08. The zero-order chi connectivity index (χ0) is 12.5. The number of aromatic carboxylic acids is 2. The first-order chi connectivity index (χ1) is 7.40. The molecule has 0 atom stereocenters. The number of rotatable bonds is 3. The van der Waals surface area contributed by atoms with Crippen LogP contribution in [0.4, 0.5) is 0 Å². The molecule has 0 aliphatic heterocycles. The third-order valence-electron chi connectivity index (χ3n) is 1.74. The SMILES string of the molecule is O=Ic1c(C(=O)O)cc(O)c(O)c1C(=O)O. The van der Waals surface area contributed by atoms with E-state index in [9.17, 15) is 17.8 Å². The predicted octanol–water partition coefficient (Wildman–Crippen LogP) is 0.980. The van der Waals surface area contributed by atoms with Gasteiger partial charge in [0, 0.05) is 0 Å². The number of phenolic OH excluding ortho intramolecular Hbond substituents is 1. The Labute approximate surface area is 98.6 Å². The van der Waals surface area contributed by atoms with Crippen molar-refractivity contribution < 1.29 is 33.1 Å². The predicted molar refractivity (Wildman–Crippen MR) is 57.1 cm³/mol. The van der Waals surface area contributed by atoms with Crippen molar-refractivity contribution in [1.29, 1.82) is 0 Å². The van der Waals surface area contributed by atoms with Crippen LogP contribution < -0.4 is 0 Å². The van der Waals surface area contributed by atoms with E-state index < -0.39 is 59.3 Å². The fraction of sp³-hybridized carbons (Fsp3) is 0. The first kappa shape index (κ1) is 12.4. The number of hydrogen-bond donors (Lipinski definition) is 4. The normalized spacial score (nSPS) is 10.0. The van der Waals surface area contributed by atoms with Crippen LogP contribution in [0.2, 0.25) is 0 Å². The van der Waals surface area contributed by atoms with Gasteiger partial charge in [0.05, 0.1) is 9.13 Å². The Morgan fingerprint density at radius 3 is 2.06 bits per heavy atom. The average Bonchev–Trinajstić information content (AvgIpc) is 2.20. The maximum absolute atomic E-state index is 10.8. The summed E-state index contributed by atoms with van der Waals surface area (Å²) in [5.41, 5.74) is -1.42. The number of carbonyl (C=O) groups is 2. The lowest BCUT2D eigenvalue weighted by Gasteiger charge is -2.07. The van der Waals surface area contributed by atoms with E-state index in [1.807, 2.05) is 0 Å². The van der Waals surface area contributed by atoms with Crippen LogP contribution in [0.5, 0.6) is 11.5 Å². The molecule has 86 valence electrons. The van der Waals surface area contributed by atoms with E-state index in [4.69, 9.17) is 15.3 Å². The highest BCUT2D eigenvalue weighted by Crippen LogP contribution is 2.36. The molecule has 1 aromatic rings. The molecular formula is C8H5IO7. The molecule has 0 bridgehead atoms. The van der Waals surface area contributed by atoms with Crippen molar-refractivity contribution in [2.45, 2.75) is 0 Å². The summed E-state index contributed by atoms with van der Waals surface area (Å²) < 4.78 is 10.4. The van der Waals surface area contributed by atoms with E-state index in [0.29, 0.717) is 6.07 Å². The van der Waals surface area contributed by atoms with Gasteiger partial charge in [-0.3, -0.25) is 3.07 Å². The van der Waals surface area contributed by atoms with E-state index in [0.717, 1.165) is 0 Å². The van der Waals surface area contributed by atoms with E-state index in [-0.39, 0.29) is 0 Å². The van der Waals surface area contributed by atoms with Crippen molar-refractivity contribution in [2.24, 2.45) is 0 Å². The molecule has 7 nitrogen and oxygen atoms in total. The van der Waals surface area contributed by atoms with Crippen LogP contribution in [0.15, 0.2) is 6.07 Å². The molecule has 0 spiro atoms. The molecule has 8 heteroatoms. The molecule has 0 fully saturated rings. The van der Waals surface area contributed by atoms with Crippen molar-refractivity contribution in [3.05, 3.63) is 20.8 Å². The van der Waals surface area contributed by atoms with Crippen LogP contribution in [0.3, 0.4) is 0 Å². The van der Waals surface area contributed by atoms with Crippen LogP contribution in [0.1, 0.15) is 20.7 Å². The van der Waals surface area contributed by atoms with Crippen molar-refractivity contribution >= 4 is 33.1 Å². The van der Waals surface area contributed by atoms with Gasteiger partial charge in [-0.1, -0.05) is 0 Å². The van der Waals surface area contributed by atoms with Gasteiger partial charge in [0.2, 0.25) is 0 Å². The number of carboxylic acids is 2. The van der Waals surface area contributed by atoms with Gasteiger partial charge in [-0.05, 0) is 6.07 Å². The molecule has 0 saturated heterocycles. The third-order valence-corrected chi connectivity index (χ3v) is 3.30. The van der Waals surface area contributed by atoms with Crippen LogP contribution in [-0.2, 0) is 3.07 Å². The lowest BCUT2D eigenvalue weighted by atomic mass is 10.1. The third kappa shape index (κ3) is 1.96. The highest BCUT2D eigenvalue weighted by atomic mass is 127. The number of carboxylic acid groups (broad SMARTS) is 2. The monoisotopic (exact) mass is 340 g/mol. The quantitative estimate of drug-likeness (QED) is 0.476. The number of phenols is 2. The Morgan fingerprint density at radius 2 is 1.69 bits per heavy atom. The molecule has 4 N–H and O–H groups in total. The van der Waals surface area contributed by atoms with Crippen molar-refractivity contribution in [1.82, 2.24) is 0 Å². The van der Waals surface area contributed by atoms with E-state index >= 15 is 0 Å². The number of halogens is 1. The summed E-state index contributed by atoms with van der Waals surface area (Å²) in [4.78, 5) is 21.5. The van der Waals surface area contributed by atoms with E-state index in [1.165, 1.54) is 0 Å². The maximum Gasteiger partial charge on any atom is 0.340 e. The van der Waals surface area contributed by atoms with Crippen LogP contribution >= 0.6 is 21.2 Å². The van der Waals surface area contributed by atoms with Gasteiger partial charge in [0.1, 0.15) is 5.56 Å². The minimum Gasteiger partial charge on any atom is -0.504 e. The Bertz CT molecular complexity index is 494. The molecule has 0 amide bonds. The molecule has 0 aliphatic carbocycles. The standard InChI is InChI=1S/C8H5IO7/c10-3-1-2(7(12)13)5(9-16)4(6(3)11)8(14)15/h1,10-11H,(H,12,13)(H,14,15). The topological polar surface area (TPSA) is 132 Å². The van der Waals surface area contributed by atoms with Gasteiger partial charge < -0.3 is 20.4 Å². The molecule has 0 aromatic heterocycles. The molecule has 0 aliphatic rings. The Morgan fingerprint density at radius 1 is 1.12 bits per heavy atom. The summed E-state index contributed by atoms with van der Waals surface area (Å²) in [6.45, 7) is 0. The fourth-order valence-corrected chi connectivity index (χ4v) is 2.40. The zero-order valence-corrected chi connectivity index (χ0v) is 9.63. The lowest BCUT2D eigenvalue weighted by molar-refractivity contribution is 0.0691. The van der Waals surface area contributed by atoms with Crippen molar-refractivity contribution in [2.75, 3.05) is 0 Å². The summed E-state index contributed by atoms with van der Waals surface area (Å²) in [6.07, 6.45) is 0. The summed E-state index contributed by atoms with van der Waals surface area (Å²) in [5.74, 6) is -5.04. The molecule has 1 aromatic carbocycles. The van der Waals surface area contributed by atoms with Gasteiger partial charge in [-0.25, -0.2) is 9.59 Å². The van der Waals surface area contributed by atoms with Crippen LogP contribution in [0.25, 0.3) is 0 Å². The first-order valence-electron chi connectivity index (χ1n) is 3.72. The molecule has 1 rings (SSSR count). The number of hydrogen-bond acceptors (Lipinski definition) is 5.